The van der Waals surface area contributed by atoms with E-state index in [9.17, 15) is 14.5 Å². The Morgan fingerprint density at radius 1 is 1.57 bits per heavy atom. The van der Waals surface area contributed by atoms with Gasteiger partial charge in [0.05, 0.1) is 6.61 Å². The summed E-state index contributed by atoms with van der Waals surface area (Å²) in [5.74, 6) is 2.27. The zero-order valence-electron chi connectivity index (χ0n) is 11.8. The summed E-state index contributed by atoms with van der Waals surface area (Å²) in [7, 11) is -2.98. The van der Waals surface area contributed by atoms with Gasteiger partial charge in [-0.25, -0.2) is 4.79 Å². The lowest BCUT2D eigenvalue weighted by atomic mass is 10.1. The summed E-state index contributed by atoms with van der Waals surface area (Å²) in [6, 6.07) is 1.37. The highest BCUT2D eigenvalue weighted by molar-refractivity contribution is 7.32. The Hall–Kier alpha value is -1.86. The van der Waals surface area contributed by atoms with E-state index < -0.39 is 45.1 Å². The molecule has 11 heteroatoms. The number of terminal acetylenes is 1. The highest BCUT2D eigenvalue weighted by atomic mass is 31.1. The van der Waals surface area contributed by atoms with Crippen molar-refractivity contribution in [2.75, 3.05) is 18.9 Å². The molecule has 124 valence electrons. The average molecular weight is 344 g/mol. The first-order valence-corrected chi connectivity index (χ1v) is 7.60. The van der Waals surface area contributed by atoms with Gasteiger partial charge in [-0.3, -0.25) is 4.57 Å². The van der Waals surface area contributed by atoms with Gasteiger partial charge in [0.2, 0.25) is 0 Å². The molecule has 10 nitrogen and oxygen atoms in total. The minimum atomic E-state index is -2.98. The second kappa shape index (κ2) is 7.61. The molecule has 2 heterocycles. The number of nitrogens with zero attached hydrogens (tertiary/aromatic N) is 2. The van der Waals surface area contributed by atoms with Crippen molar-refractivity contribution in [3.05, 3.63) is 22.7 Å². The quantitative estimate of drug-likeness (QED) is 0.426. The molecule has 23 heavy (non-hydrogen) atoms. The van der Waals surface area contributed by atoms with Gasteiger partial charge in [-0.15, -0.1) is 15.8 Å². The predicted molar refractivity (Wildman–Crippen MR) is 77.2 cm³/mol. The average Bonchev–Trinajstić information content (AvgIpc) is 2.82. The number of nitrogen functional groups attached to an aromatic ring is 1. The van der Waals surface area contributed by atoms with E-state index in [2.05, 4.69) is 10.9 Å². The molecule has 1 aliphatic heterocycles. The van der Waals surface area contributed by atoms with Crippen molar-refractivity contribution >= 4 is 14.1 Å². The Labute approximate surface area is 131 Å². The highest BCUT2D eigenvalue weighted by Crippen LogP contribution is 2.36. The molecule has 0 spiro atoms. The molecule has 0 bridgehead atoms. The molecule has 5 unspecified atom stereocenters. The number of aliphatic hydroxyl groups is 1. The molecule has 1 saturated heterocycles. The highest BCUT2D eigenvalue weighted by Gasteiger charge is 2.51. The van der Waals surface area contributed by atoms with Gasteiger partial charge < -0.3 is 20.3 Å². The number of aliphatic hydroxyl groups excluding tert-OH is 1. The van der Waals surface area contributed by atoms with Crippen molar-refractivity contribution in [2.24, 2.45) is 0 Å². The van der Waals surface area contributed by atoms with Crippen molar-refractivity contribution in [1.29, 1.82) is 0 Å². The van der Waals surface area contributed by atoms with Crippen LogP contribution in [-0.4, -0.2) is 51.1 Å². The monoisotopic (exact) mass is 344 g/mol. The van der Waals surface area contributed by atoms with Crippen LogP contribution in [0.15, 0.2) is 17.1 Å². The van der Waals surface area contributed by atoms with Crippen LogP contribution in [0.1, 0.15) is 6.23 Å². The maximum absolute atomic E-state index is 12.0. The predicted octanol–water partition coefficient (Wildman–Crippen LogP) is -1.23. The van der Waals surface area contributed by atoms with Crippen LogP contribution in [-0.2, 0) is 18.6 Å². The Morgan fingerprint density at radius 2 is 2.30 bits per heavy atom. The number of anilines is 1. The summed E-state index contributed by atoms with van der Waals surface area (Å²) in [5.41, 5.74) is 4.72. The second-order valence-corrected chi connectivity index (χ2v) is 5.26. The number of nitrogens with two attached hydrogens (primary N) is 1. The maximum atomic E-state index is 12.0. The van der Waals surface area contributed by atoms with E-state index in [1.165, 1.54) is 12.3 Å². The minimum Gasteiger partial charge on any atom is -0.394 e. The van der Waals surface area contributed by atoms with Crippen LogP contribution in [0.4, 0.5) is 5.82 Å². The third kappa shape index (κ3) is 3.92. The fourth-order valence-electron chi connectivity index (χ4n) is 2.25. The van der Waals surface area contributed by atoms with E-state index in [-0.39, 0.29) is 12.4 Å². The number of aromatic nitrogens is 2. The number of ether oxygens (including phenoxy) is 2. The first-order chi connectivity index (χ1) is 11.0. The molecule has 1 aromatic heterocycles. The molecule has 0 radical (unpaired) electrons. The summed E-state index contributed by atoms with van der Waals surface area (Å²) in [6.07, 6.45) is 2.33. The normalized spacial score (nSPS) is 27.6. The Kier molecular flexibility index (Phi) is 5.79. The van der Waals surface area contributed by atoms with Gasteiger partial charge in [-0.2, -0.15) is 4.98 Å². The summed E-state index contributed by atoms with van der Waals surface area (Å²) in [5, 5.41) is 9.37. The molecule has 1 fully saturated rings. The molecule has 4 N–H and O–H groups in total. The lowest BCUT2D eigenvalue weighted by Gasteiger charge is -2.21. The van der Waals surface area contributed by atoms with Crippen molar-refractivity contribution in [3.63, 3.8) is 0 Å². The molecule has 0 amide bonds. The molecule has 1 aromatic rings. The van der Waals surface area contributed by atoms with Gasteiger partial charge >= 0.3 is 13.9 Å². The standard InChI is InChI=1S/C12H14N3O7P/c1-2-5-20-10-9(22-23(18)19)7(6-16)21-11(10)15-4-3-8(13)14-12(15)17/h1,3-4,7,9-11,16H,5-6H2,(H2-,13,14,17,18,19)/p+1. The van der Waals surface area contributed by atoms with Crippen LogP contribution in [0.2, 0.25) is 0 Å². The van der Waals surface area contributed by atoms with Crippen molar-refractivity contribution in [3.8, 4) is 12.3 Å². The fourth-order valence-corrected chi connectivity index (χ4v) is 2.72. The lowest BCUT2D eigenvalue weighted by molar-refractivity contribution is -0.0675. The molecule has 0 aliphatic carbocycles. The molecular formula is C12H15N3O7P+. The number of hydrogen-bond acceptors (Lipinski definition) is 8. The Balaban J connectivity index is 2.37. The van der Waals surface area contributed by atoms with Gasteiger partial charge in [-0.05, 0) is 6.07 Å². The molecule has 0 saturated carbocycles. The van der Waals surface area contributed by atoms with E-state index in [1.807, 2.05) is 0 Å². The number of hydrogen-bond donors (Lipinski definition) is 3. The summed E-state index contributed by atoms with van der Waals surface area (Å²) in [6.45, 7) is -0.667. The minimum absolute atomic E-state index is 0.0234. The van der Waals surface area contributed by atoms with Crippen molar-refractivity contribution < 1.29 is 28.6 Å². The molecule has 2 rings (SSSR count). The van der Waals surface area contributed by atoms with Crippen molar-refractivity contribution in [2.45, 2.75) is 24.5 Å². The first-order valence-electron chi connectivity index (χ1n) is 6.47. The lowest BCUT2D eigenvalue weighted by Crippen LogP contribution is -2.39. The fraction of sp³-hybridized carbons (Fsp3) is 0.500. The maximum Gasteiger partial charge on any atom is 0.695 e. The largest absolute Gasteiger partial charge is 0.695 e. The molecule has 5 atom stereocenters. The van der Waals surface area contributed by atoms with E-state index in [0.717, 1.165) is 4.57 Å². The van der Waals surface area contributed by atoms with E-state index in [4.69, 9.17) is 31.0 Å². The summed E-state index contributed by atoms with van der Waals surface area (Å²) in [4.78, 5) is 24.5. The summed E-state index contributed by atoms with van der Waals surface area (Å²) >= 11 is 0. The van der Waals surface area contributed by atoms with E-state index in [1.54, 1.807) is 0 Å². The van der Waals surface area contributed by atoms with Crippen LogP contribution < -0.4 is 11.4 Å². The Bertz CT molecular complexity index is 673. The van der Waals surface area contributed by atoms with E-state index in [0.29, 0.717) is 0 Å². The van der Waals surface area contributed by atoms with Crippen LogP contribution >= 0.6 is 8.25 Å². The number of rotatable bonds is 6. The SMILES string of the molecule is C#CCOC1C(O[P+](=O)O)C(CO)OC1n1ccc(N)nc1=O. The van der Waals surface area contributed by atoms with Gasteiger partial charge in [0.1, 0.15) is 24.6 Å². The van der Waals surface area contributed by atoms with Crippen LogP contribution in [0, 0.1) is 12.3 Å². The molecular weight excluding hydrogens is 329 g/mol. The van der Waals surface area contributed by atoms with Gasteiger partial charge in [0, 0.05) is 10.8 Å². The third-order valence-corrected chi connectivity index (χ3v) is 3.59. The third-order valence-electron chi connectivity index (χ3n) is 3.16. The van der Waals surface area contributed by atoms with Gasteiger partial charge in [0.15, 0.2) is 12.3 Å². The van der Waals surface area contributed by atoms with Crippen molar-refractivity contribution in [1.82, 2.24) is 9.55 Å². The second-order valence-electron chi connectivity index (χ2n) is 4.58. The summed E-state index contributed by atoms with van der Waals surface area (Å²) < 4.78 is 27.8. The molecule has 0 aromatic carbocycles. The zero-order chi connectivity index (χ0) is 17.0. The van der Waals surface area contributed by atoms with Gasteiger partial charge in [-0.1, -0.05) is 5.92 Å². The van der Waals surface area contributed by atoms with Crippen LogP contribution in [0.5, 0.6) is 0 Å². The Morgan fingerprint density at radius 3 is 2.87 bits per heavy atom. The van der Waals surface area contributed by atoms with Crippen LogP contribution in [0.3, 0.4) is 0 Å². The smallest absolute Gasteiger partial charge is 0.394 e. The zero-order valence-corrected chi connectivity index (χ0v) is 12.7. The van der Waals surface area contributed by atoms with E-state index >= 15 is 0 Å². The van der Waals surface area contributed by atoms with Gasteiger partial charge in [0.25, 0.3) is 0 Å². The van der Waals surface area contributed by atoms with Crippen LogP contribution in [0.25, 0.3) is 0 Å². The molecule has 1 aliphatic rings. The topological polar surface area (TPSA) is 146 Å². The first kappa shape index (κ1) is 17.5.